The third-order valence-corrected chi connectivity index (χ3v) is 8.42. The van der Waals surface area contributed by atoms with Gasteiger partial charge in [0.1, 0.15) is 17.1 Å². The van der Waals surface area contributed by atoms with E-state index in [-0.39, 0.29) is 60.7 Å². The molecule has 5 rings (SSSR count). The molecule has 2 aliphatic rings. The van der Waals surface area contributed by atoms with Crippen LogP contribution < -0.4 is 10.6 Å². The third-order valence-electron chi connectivity index (χ3n) is 8.42. The number of hydrogen-bond donors (Lipinski definition) is 2. The van der Waals surface area contributed by atoms with Crippen LogP contribution in [0.4, 0.5) is 26.3 Å². The molecule has 1 aliphatic heterocycles. The molecule has 2 amide bonds. The van der Waals surface area contributed by atoms with Crippen LogP contribution >= 0.6 is 0 Å². The van der Waals surface area contributed by atoms with E-state index in [0.717, 1.165) is 0 Å². The van der Waals surface area contributed by atoms with Crippen LogP contribution in [0.25, 0.3) is 5.78 Å². The van der Waals surface area contributed by atoms with Gasteiger partial charge < -0.3 is 10.6 Å². The Morgan fingerprint density at radius 2 is 1.89 bits per heavy atom. The first-order chi connectivity index (χ1) is 20.6. The van der Waals surface area contributed by atoms with Crippen LogP contribution in [0.2, 0.25) is 0 Å². The van der Waals surface area contributed by atoms with E-state index in [1.54, 1.807) is 0 Å². The van der Waals surface area contributed by atoms with Crippen LogP contribution in [0.5, 0.6) is 0 Å². The normalized spacial score (nSPS) is 22.2. The molecule has 1 saturated carbocycles. The van der Waals surface area contributed by atoms with E-state index in [2.05, 4.69) is 30.8 Å². The maximum absolute atomic E-state index is 15.4. The number of hydrogen-bond acceptors (Lipinski definition) is 6. The highest BCUT2D eigenvalue weighted by Crippen LogP contribution is 2.42. The van der Waals surface area contributed by atoms with Crippen molar-refractivity contribution >= 4 is 17.6 Å². The van der Waals surface area contributed by atoms with E-state index >= 15 is 4.39 Å². The Labute approximate surface area is 249 Å². The Balaban J connectivity index is 1.51. The standard InChI is InChI=1S/C28H34F6N8O2/c1-4-41-20(7-10-36-41)24(44)38-21(15-5-8-27(30,31)9-6-15)19-14-42-25(37-19)39-22(26(2,3)29)18(40-42)12-16-11-17(28(32,33)34)13-35-23(16)43/h7,10,14-17,21H,4-6,8-9,11-13H2,1-3H3,(H,35,43)(H,38,44)/t16-,17-,21+/m1/s1. The highest BCUT2D eigenvalue weighted by atomic mass is 19.4. The average molecular weight is 629 g/mol. The molecule has 0 radical (unpaired) electrons. The second-order valence-corrected chi connectivity index (χ2v) is 12.1. The zero-order valence-electron chi connectivity index (χ0n) is 24.5. The molecule has 1 saturated heterocycles. The Morgan fingerprint density at radius 1 is 1.18 bits per heavy atom. The van der Waals surface area contributed by atoms with Crippen LogP contribution in [0.3, 0.4) is 0 Å². The quantitative estimate of drug-likeness (QED) is 0.349. The van der Waals surface area contributed by atoms with Crippen LogP contribution in [-0.2, 0) is 23.4 Å². The van der Waals surface area contributed by atoms with Gasteiger partial charge in [0.25, 0.3) is 11.7 Å². The van der Waals surface area contributed by atoms with Gasteiger partial charge in [-0.3, -0.25) is 14.3 Å². The molecule has 0 spiro atoms. The van der Waals surface area contributed by atoms with E-state index < -0.39 is 66.3 Å². The molecule has 0 aromatic carbocycles. The van der Waals surface area contributed by atoms with Crippen molar-refractivity contribution in [1.29, 1.82) is 0 Å². The maximum atomic E-state index is 15.4. The summed E-state index contributed by atoms with van der Waals surface area (Å²) in [6, 6.07) is 0.703. The fourth-order valence-corrected chi connectivity index (χ4v) is 6.02. The first kappa shape index (κ1) is 31.7. The van der Waals surface area contributed by atoms with Gasteiger partial charge in [-0.25, -0.2) is 27.7 Å². The Hall–Kier alpha value is -3.72. The molecule has 2 N–H and O–H groups in total. The number of nitrogens with zero attached hydrogens (tertiary/aromatic N) is 6. The van der Waals surface area contributed by atoms with Crippen molar-refractivity contribution in [3.8, 4) is 0 Å². The van der Waals surface area contributed by atoms with Crippen LogP contribution in [0.15, 0.2) is 18.5 Å². The van der Waals surface area contributed by atoms with E-state index in [1.807, 2.05) is 6.92 Å². The predicted octanol–water partition coefficient (Wildman–Crippen LogP) is 4.70. The lowest BCUT2D eigenvalue weighted by molar-refractivity contribution is -0.183. The molecule has 3 aromatic rings. The van der Waals surface area contributed by atoms with Crippen molar-refractivity contribution < 1.29 is 35.9 Å². The van der Waals surface area contributed by atoms with Gasteiger partial charge in [-0.05, 0) is 52.0 Å². The first-order valence-electron chi connectivity index (χ1n) is 14.6. The molecule has 3 atom stereocenters. The van der Waals surface area contributed by atoms with Crippen molar-refractivity contribution in [2.45, 2.75) is 89.7 Å². The number of carbonyl (C=O) groups excluding carboxylic acids is 2. The molecular formula is C28H34F6N8O2. The van der Waals surface area contributed by atoms with Crippen molar-refractivity contribution in [3.63, 3.8) is 0 Å². The summed E-state index contributed by atoms with van der Waals surface area (Å²) in [6.45, 7) is 4.12. The molecule has 1 aliphatic carbocycles. The number of carbonyl (C=O) groups is 2. The van der Waals surface area contributed by atoms with Crippen molar-refractivity contribution in [3.05, 3.63) is 41.2 Å². The van der Waals surface area contributed by atoms with Gasteiger partial charge in [-0.1, -0.05) is 0 Å². The molecule has 44 heavy (non-hydrogen) atoms. The average Bonchev–Trinajstić information content (AvgIpc) is 3.58. The Kier molecular flexibility index (Phi) is 8.39. The fraction of sp³-hybridized carbons (Fsp3) is 0.643. The highest BCUT2D eigenvalue weighted by molar-refractivity contribution is 5.92. The largest absolute Gasteiger partial charge is 0.393 e. The van der Waals surface area contributed by atoms with Gasteiger partial charge in [-0.15, -0.1) is 0 Å². The minimum atomic E-state index is -4.51. The summed E-state index contributed by atoms with van der Waals surface area (Å²) >= 11 is 0. The zero-order valence-corrected chi connectivity index (χ0v) is 24.5. The Bertz CT molecular complexity index is 1520. The zero-order chi connectivity index (χ0) is 32.0. The number of imidazole rings is 1. The molecule has 10 nitrogen and oxygen atoms in total. The number of nitrogens with one attached hydrogen (secondary N) is 2. The van der Waals surface area contributed by atoms with Gasteiger partial charge in [0, 0.05) is 44.5 Å². The number of amides is 2. The minimum Gasteiger partial charge on any atom is -0.355 e. The van der Waals surface area contributed by atoms with Crippen molar-refractivity contribution in [2.75, 3.05) is 6.54 Å². The topological polar surface area (TPSA) is 119 Å². The summed E-state index contributed by atoms with van der Waals surface area (Å²) in [5.74, 6) is -7.23. The summed E-state index contributed by atoms with van der Waals surface area (Å²) in [5.41, 5.74) is -1.77. The van der Waals surface area contributed by atoms with Crippen molar-refractivity contribution in [1.82, 2.24) is 40.0 Å². The van der Waals surface area contributed by atoms with Crippen LogP contribution in [0.1, 0.15) is 86.5 Å². The number of aromatic nitrogens is 6. The maximum Gasteiger partial charge on any atom is 0.393 e. The molecule has 2 fully saturated rings. The monoisotopic (exact) mass is 628 g/mol. The van der Waals surface area contributed by atoms with E-state index in [9.17, 15) is 31.5 Å². The second-order valence-electron chi connectivity index (χ2n) is 12.1. The lowest BCUT2D eigenvalue weighted by Crippen LogP contribution is -2.47. The lowest BCUT2D eigenvalue weighted by atomic mass is 9.81. The third kappa shape index (κ3) is 6.67. The van der Waals surface area contributed by atoms with Gasteiger partial charge >= 0.3 is 6.18 Å². The highest BCUT2D eigenvalue weighted by Gasteiger charge is 2.45. The number of aryl methyl sites for hydroxylation is 1. The van der Waals surface area contributed by atoms with E-state index in [0.29, 0.717) is 6.54 Å². The predicted molar refractivity (Wildman–Crippen MR) is 144 cm³/mol. The summed E-state index contributed by atoms with van der Waals surface area (Å²) in [6.07, 6.45) is -2.91. The van der Waals surface area contributed by atoms with Gasteiger partial charge in [0.15, 0.2) is 0 Å². The molecule has 240 valence electrons. The summed E-state index contributed by atoms with van der Waals surface area (Å²) in [5, 5.41) is 13.7. The number of alkyl halides is 6. The van der Waals surface area contributed by atoms with Crippen molar-refractivity contribution in [2.24, 2.45) is 17.8 Å². The fourth-order valence-electron chi connectivity index (χ4n) is 6.02. The Morgan fingerprint density at radius 3 is 2.52 bits per heavy atom. The number of rotatable bonds is 8. The number of piperidine rings is 1. The number of fused-ring (bicyclic) bond motifs is 1. The summed E-state index contributed by atoms with van der Waals surface area (Å²) in [4.78, 5) is 34.6. The van der Waals surface area contributed by atoms with E-state index in [4.69, 9.17) is 0 Å². The van der Waals surface area contributed by atoms with Gasteiger partial charge in [0.2, 0.25) is 11.8 Å². The minimum absolute atomic E-state index is 0.0123. The molecule has 0 bridgehead atoms. The van der Waals surface area contributed by atoms with Crippen LogP contribution in [-0.4, -0.2) is 59.8 Å². The van der Waals surface area contributed by atoms with Crippen LogP contribution in [0, 0.1) is 17.8 Å². The summed E-state index contributed by atoms with van der Waals surface area (Å²) in [7, 11) is 0. The molecule has 4 heterocycles. The first-order valence-corrected chi connectivity index (χ1v) is 14.6. The van der Waals surface area contributed by atoms with E-state index in [1.165, 1.54) is 41.5 Å². The smallest absolute Gasteiger partial charge is 0.355 e. The van der Waals surface area contributed by atoms with Gasteiger partial charge in [0.05, 0.1) is 29.5 Å². The summed E-state index contributed by atoms with van der Waals surface area (Å²) < 4.78 is 86.5. The molecule has 3 aromatic heterocycles. The molecule has 0 unspecified atom stereocenters. The molecule has 16 heteroatoms. The number of halogens is 6. The second kappa shape index (κ2) is 11.7. The SMILES string of the molecule is CCn1nccc1C(=O)N[C@H](c1cn2nc(C[C@H]3C[C@@H](C(F)(F)F)CNC3=O)c(C(C)(C)F)nc2n1)C1CCC(F)(F)CC1. The lowest BCUT2D eigenvalue weighted by Gasteiger charge is -2.33. The van der Waals surface area contributed by atoms with Gasteiger partial charge in [-0.2, -0.15) is 23.4 Å². The molecular weight excluding hydrogens is 594 g/mol.